The van der Waals surface area contributed by atoms with Gasteiger partial charge in [-0.25, -0.2) is 4.79 Å². The van der Waals surface area contributed by atoms with Crippen molar-refractivity contribution in [2.75, 3.05) is 6.61 Å². The Balaban J connectivity index is 2.13. The predicted octanol–water partition coefficient (Wildman–Crippen LogP) is 2.75. The molecule has 0 saturated heterocycles. The molecular formula is C13H14N4O3. The Kier molecular flexibility index (Phi) is 4.57. The maximum absolute atomic E-state index is 11.6. The molecule has 2 atom stereocenters. The fraction of sp³-hybridized carbons (Fsp3) is 0.385. The fourth-order valence-corrected chi connectivity index (χ4v) is 1.93. The Labute approximate surface area is 115 Å². The SMILES string of the molecule is CCOC(=O)C1CC(C(N=[N+]=[N-])c2ccccc2)=NO1. The van der Waals surface area contributed by atoms with E-state index < -0.39 is 18.1 Å². The van der Waals surface area contributed by atoms with Gasteiger partial charge in [0.05, 0.1) is 12.3 Å². The summed E-state index contributed by atoms with van der Waals surface area (Å²) in [6.45, 7) is 2.01. The second kappa shape index (κ2) is 6.58. The molecule has 0 fully saturated rings. The Hall–Kier alpha value is -2.53. The lowest BCUT2D eigenvalue weighted by atomic mass is 9.99. The number of nitrogens with zero attached hydrogens (tertiary/aromatic N) is 4. The maximum atomic E-state index is 11.6. The molecule has 104 valence electrons. The van der Waals surface area contributed by atoms with Crippen LogP contribution in [0.4, 0.5) is 0 Å². The molecule has 7 heteroatoms. The highest BCUT2D eigenvalue weighted by molar-refractivity contribution is 5.95. The molecule has 1 aliphatic rings. The standard InChI is InChI=1S/C13H14N4O3/c1-2-19-13(18)11-8-10(16-20-11)12(15-17-14)9-6-4-3-5-7-9/h3-7,11-12H,2,8H2,1H3. The van der Waals surface area contributed by atoms with Gasteiger partial charge in [0.2, 0.25) is 6.10 Å². The molecule has 1 heterocycles. The monoisotopic (exact) mass is 274 g/mol. The average molecular weight is 274 g/mol. The van der Waals surface area contributed by atoms with Gasteiger partial charge in [-0.2, -0.15) is 0 Å². The van der Waals surface area contributed by atoms with Gasteiger partial charge in [0.25, 0.3) is 0 Å². The molecule has 0 N–H and O–H groups in total. The number of carbonyl (C=O) groups excluding carboxylic acids is 1. The van der Waals surface area contributed by atoms with Gasteiger partial charge in [-0.1, -0.05) is 40.6 Å². The zero-order valence-electron chi connectivity index (χ0n) is 11.0. The largest absolute Gasteiger partial charge is 0.463 e. The van der Waals surface area contributed by atoms with Crippen LogP contribution >= 0.6 is 0 Å². The zero-order chi connectivity index (χ0) is 14.4. The van der Waals surface area contributed by atoms with Crippen molar-refractivity contribution in [3.8, 4) is 0 Å². The fourth-order valence-electron chi connectivity index (χ4n) is 1.93. The number of hydrogen-bond acceptors (Lipinski definition) is 5. The van der Waals surface area contributed by atoms with E-state index in [1.165, 1.54) is 0 Å². The first-order valence-electron chi connectivity index (χ1n) is 6.24. The number of azide groups is 1. The summed E-state index contributed by atoms with van der Waals surface area (Å²) in [7, 11) is 0. The van der Waals surface area contributed by atoms with Crippen LogP contribution in [0.15, 0.2) is 40.6 Å². The van der Waals surface area contributed by atoms with Gasteiger partial charge in [0.15, 0.2) is 0 Å². The number of ether oxygens (including phenoxy) is 1. The van der Waals surface area contributed by atoms with E-state index in [-0.39, 0.29) is 13.0 Å². The Bertz CT molecular complexity index is 552. The molecule has 1 aromatic rings. The Morgan fingerprint density at radius 3 is 3.00 bits per heavy atom. The van der Waals surface area contributed by atoms with Crippen molar-refractivity contribution in [3.05, 3.63) is 46.3 Å². The molecule has 0 aromatic heterocycles. The highest BCUT2D eigenvalue weighted by Crippen LogP contribution is 2.26. The Morgan fingerprint density at radius 1 is 1.60 bits per heavy atom. The van der Waals surface area contributed by atoms with E-state index in [4.69, 9.17) is 15.1 Å². The summed E-state index contributed by atoms with van der Waals surface area (Å²) in [6, 6.07) is 8.65. The first-order chi connectivity index (χ1) is 9.76. The van der Waals surface area contributed by atoms with Crippen LogP contribution in [0.3, 0.4) is 0 Å². The van der Waals surface area contributed by atoms with E-state index in [1.807, 2.05) is 30.3 Å². The maximum Gasteiger partial charge on any atom is 0.350 e. The summed E-state index contributed by atoms with van der Waals surface area (Å²) in [6.07, 6.45) is -0.498. The van der Waals surface area contributed by atoms with Crippen LogP contribution < -0.4 is 0 Å². The second-order valence-electron chi connectivity index (χ2n) is 4.15. The van der Waals surface area contributed by atoms with Crippen LogP contribution in [0.2, 0.25) is 0 Å². The van der Waals surface area contributed by atoms with E-state index >= 15 is 0 Å². The number of rotatable bonds is 5. The molecule has 1 aliphatic heterocycles. The first kappa shape index (κ1) is 13.9. The van der Waals surface area contributed by atoms with Crippen molar-refractivity contribution in [3.63, 3.8) is 0 Å². The lowest BCUT2D eigenvalue weighted by Gasteiger charge is -2.10. The zero-order valence-corrected chi connectivity index (χ0v) is 11.0. The smallest absolute Gasteiger partial charge is 0.350 e. The molecule has 0 saturated carbocycles. The lowest BCUT2D eigenvalue weighted by Crippen LogP contribution is -2.24. The molecule has 0 radical (unpaired) electrons. The summed E-state index contributed by atoms with van der Waals surface area (Å²) in [5, 5.41) is 7.60. The van der Waals surface area contributed by atoms with Crippen molar-refractivity contribution in [1.29, 1.82) is 0 Å². The average Bonchev–Trinajstić information content (AvgIpc) is 2.95. The van der Waals surface area contributed by atoms with Gasteiger partial charge in [0, 0.05) is 11.3 Å². The first-order valence-corrected chi connectivity index (χ1v) is 6.24. The number of carbonyl (C=O) groups is 1. The van der Waals surface area contributed by atoms with Crippen LogP contribution in [-0.2, 0) is 14.4 Å². The van der Waals surface area contributed by atoms with E-state index in [1.54, 1.807) is 6.92 Å². The molecule has 0 amide bonds. The van der Waals surface area contributed by atoms with Crippen LogP contribution in [0.25, 0.3) is 10.4 Å². The molecule has 1 aromatic carbocycles. The molecular weight excluding hydrogens is 260 g/mol. The van der Waals surface area contributed by atoms with Crippen molar-refractivity contribution >= 4 is 11.7 Å². The minimum absolute atomic E-state index is 0.261. The van der Waals surface area contributed by atoms with Gasteiger partial charge < -0.3 is 9.57 Å². The van der Waals surface area contributed by atoms with E-state index in [9.17, 15) is 4.79 Å². The van der Waals surface area contributed by atoms with Gasteiger partial charge in [-0.15, -0.1) is 0 Å². The van der Waals surface area contributed by atoms with E-state index in [0.717, 1.165) is 5.56 Å². The second-order valence-corrected chi connectivity index (χ2v) is 4.15. The molecule has 7 nitrogen and oxygen atoms in total. The van der Waals surface area contributed by atoms with Crippen LogP contribution in [0.1, 0.15) is 24.9 Å². The highest BCUT2D eigenvalue weighted by Gasteiger charge is 2.33. The van der Waals surface area contributed by atoms with Crippen molar-refractivity contribution in [1.82, 2.24) is 0 Å². The van der Waals surface area contributed by atoms with Gasteiger partial charge >= 0.3 is 5.97 Å². The van der Waals surface area contributed by atoms with E-state index in [0.29, 0.717) is 5.71 Å². The van der Waals surface area contributed by atoms with Crippen molar-refractivity contribution < 1.29 is 14.4 Å². The third-order valence-electron chi connectivity index (χ3n) is 2.84. The predicted molar refractivity (Wildman–Crippen MR) is 71.9 cm³/mol. The quantitative estimate of drug-likeness (QED) is 0.357. The molecule has 0 spiro atoms. The number of oxime groups is 1. The number of benzene rings is 1. The third kappa shape index (κ3) is 3.07. The molecule has 0 aliphatic carbocycles. The third-order valence-corrected chi connectivity index (χ3v) is 2.84. The normalized spacial score (nSPS) is 18.4. The van der Waals surface area contributed by atoms with Gasteiger partial charge in [-0.05, 0) is 18.0 Å². The van der Waals surface area contributed by atoms with Crippen LogP contribution in [0.5, 0.6) is 0 Å². The summed E-state index contributed by atoms with van der Waals surface area (Å²) in [4.78, 5) is 19.5. The summed E-state index contributed by atoms with van der Waals surface area (Å²) < 4.78 is 4.88. The van der Waals surface area contributed by atoms with Gasteiger partial charge in [0.1, 0.15) is 6.04 Å². The topological polar surface area (TPSA) is 96.7 Å². The number of hydrogen-bond donors (Lipinski definition) is 0. The van der Waals surface area contributed by atoms with E-state index in [2.05, 4.69) is 15.2 Å². The summed E-state index contributed by atoms with van der Waals surface area (Å²) in [5.41, 5.74) is 10.0. The molecule has 0 bridgehead atoms. The molecule has 2 unspecified atom stereocenters. The molecule has 2 rings (SSSR count). The Morgan fingerprint density at radius 2 is 2.35 bits per heavy atom. The minimum atomic E-state index is -0.759. The van der Waals surface area contributed by atoms with Crippen molar-refractivity contribution in [2.24, 2.45) is 10.3 Å². The summed E-state index contributed by atoms with van der Waals surface area (Å²) in [5.74, 6) is -0.459. The number of esters is 1. The van der Waals surface area contributed by atoms with Gasteiger partial charge in [-0.3, -0.25) is 0 Å². The van der Waals surface area contributed by atoms with Crippen molar-refractivity contribution in [2.45, 2.75) is 25.5 Å². The lowest BCUT2D eigenvalue weighted by molar-refractivity contribution is -0.154. The highest BCUT2D eigenvalue weighted by atomic mass is 16.7. The summed E-state index contributed by atoms with van der Waals surface area (Å²) >= 11 is 0. The minimum Gasteiger partial charge on any atom is -0.463 e. The van der Waals surface area contributed by atoms with Crippen LogP contribution in [0, 0.1) is 0 Å². The van der Waals surface area contributed by atoms with Crippen LogP contribution in [-0.4, -0.2) is 24.4 Å². The molecule has 20 heavy (non-hydrogen) atoms.